The molecule has 0 aromatic heterocycles. The van der Waals surface area contributed by atoms with Gasteiger partial charge in [0, 0.05) is 5.56 Å². The van der Waals surface area contributed by atoms with E-state index in [0.717, 1.165) is 16.9 Å². The zero-order valence-corrected chi connectivity index (χ0v) is 18.0. The van der Waals surface area contributed by atoms with Crippen molar-refractivity contribution in [2.24, 2.45) is 0 Å². The van der Waals surface area contributed by atoms with Crippen molar-refractivity contribution in [3.05, 3.63) is 89.5 Å². The number of alkyl carbamates (subject to hydrolysis) is 1. The summed E-state index contributed by atoms with van der Waals surface area (Å²) in [7, 11) is 0. The summed E-state index contributed by atoms with van der Waals surface area (Å²) in [6.07, 6.45) is -0.534. The van der Waals surface area contributed by atoms with Gasteiger partial charge < -0.3 is 25.2 Å². The fraction of sp³-hybridized carbons (Fsp3) is 0.200. The van der Waals surface area contributed by atoms with Crippen LogP contribution in [0.3, 0.4) is 0 Å². The summed E-state index contributed by atoms with van der Waals surface area (Å²) in [5.74, 6) is 0.431. The highest BCUT2D eigenvalue weighted by atomic mass is 16.5. The molecule has 1 atom stereocenters. The van der Waals surface area contributed by atoms with Gasteiger partial charge in [0.2, 0.25) is 0 Å². The second-order valence-corrected chi connectivity index (χ2v) is 7.11. The van der Waals surface area contributed by atoms with Crippen LogP contribution in [0.25, 0.3) is 0 Å². The zero-order chi connectivity index (χ0) is 22.9. The Morgan fingerprint density at radius 3 is 2.31 bits per heavy atom. The summed E-state index contributed by atoms with van der Waals surface area (Å²) >= 11 is 0. The van der Waals surface area contributed by atoms with Crippen LogP contribution in [0.5, 0.6) is 11.5 Å². The van der Waals surface area contributed by atoms with Crippen LogP contribution in [-0.4, -0.2) is 23.7 Å². The Labute approximate surface area is 187 Å². The minimum atomic E-state index is -0.534. The Balaban J connectivity index is 1.48. The molecule has 7 heteroatoms. The number of para-hydroxylation sites is 2. The maximum absolute atomic E-state index is 12.3. The Hall–Kier alpha value is -4.00. The normalized spacial score (nSPS) is 11.3. The Kier molecular flexibility index (Phi) is 7.70. The number of aromatic hydroxyl groups is 1. The number of hydrogen-bond donors (Lipinski definition) is 3. The average Bonchev–Trinajstić information content (AvgIpc) is 2.80. The first kappa shape index (κ1) is 22.7. The van der Waals surface area contributed by atoms with Gasteiger partial charge in [-0.2, -0.15) is 0 Å². The van der Waals surface area contributed by atoms with Gasteiger partial charge in [0.05, 0.1) is 18.3 Å². The third kappa shape index (κ3) is 6.25. The van der Waals surface area contributed by atoms with Crippen LogP contribution in [0, 0.1) is 0 Å². The monoisotopic (exact) mass is 434 g/mol. The zero-order valence-electron chi connectivity index (χ0n) is 18.0. The van der Waals surface area contributed by atoms with Gasteiger partial charge in [-0.15, -0.1) is 0 Å². The largest absolute Gasteiger partial charge is 0.506 e. The molecule has 3 N–H and O–H groups in total. The highest BCUT2D eigenvalue weighted by Gasteiger charge is 2.12. The Morgan fingerprint density at radius 1 is 0.969 bits per heavy atom. The number of phenolic OH excluding ortho intramolecular Hbond substituents is 1. The lowest BCUT2D eigenvalue weighted by Gasteiger charge is -2.15. The van der Waals surface area contributed by atoms with Gasteiger partial charge in [-0.05, 0) is 61.4 Å². The molecular formula is C25H26N2O5. The van der Waals surface area contributed by atoms with E-state index in [1.807, 2.05) is 38.1 Å². The maximum Gasteiger partial charge on any atom is 0.407 e. The third-order valence-corrected chi connectivity index (χ3v) is 4.76. The number of carbonyl (C=O) groups excluding carboxylic acids is 2. The molecule has 0 heterocycles. The van der Waals surface area contributed by atoms with Crippen molar-refractivity contribution in [1.29, 1.82) is 0 Å². The fourth-order valence-electron chi connectivity index (χ4n) is 3.00. The van der Waals surface area contributed by atoms with E-state index < -0.39 is 6.09 Å². The minimum Gasteiger partial charge on any atom is -0.506 e. The number of anilines is 1. The number of benzene rings is 3. The van der Waals surface area contributed by atoms with Gasteiger partial charge in [-0.25, -0.2) is 4.79 Å². The van der Waals surface area contributed by atoms with E-state index in [-0.39, 0.29) is 24.3 Å². The summed E-state index contributed by atoms with van der Waals surface area (Å²) in [6, 6.07) is 20.5. The summed E-state index contributed by atoms with van der Waals surface area (Å²) in [5, 5.41) is 15.2. The van der Waals surface area contributed by atoms with E-state index in [2.05, 4.69) is 10.6 Å². The number of ether oxygens (including phenoxy) is 2. The van der Waals surface area contributed by atoms with E-state index in [1.54, 1.807) is 42.5 Å². The van der Waals surface area contributed by atoms with Crippen LogP contribution >= 0.6 is 0 Å². The van der Waals surface area contributed by atoms with Crippen LogP contribution < -0.4 is 15.4 Å². The van der Waals surface area contributed by atoms with E-state index in [9.17, 15) is 14.7 Å². The first-order chi connectivity index (χ1) is 15.5. The molecular weight excluding hydrogens is 408 g/mol. The van der Waals surface area contributed by atoms with Gasteiger partial charge in [-0.1, -0.05) is 36.4 Å². The number of nitrogens with one attached hydrogen (secondary N) is 2. The molecule has 0 unspecified atom stereocenters. The summed E-state index contributed by atoms with van der Waals surface area (Å²) in [5.41, 5.74) is 2.44. The predicted octanol–water partition coefficient (Wildman–Crippen LogP) is 5.03. The van der Waals surface area contributed by atoms with Gasteiger partial charge in [-0.3, -0.25) is 4.79 Å². The van der Waals surface area contributed by atoms with Gasteiger partial charge >= 0.3 is 6.09 Å². The van der Waals surface area contributed by atoms with Crippen molar-refractivity contribution in [3.63, 3.8) is 0 Å². The molecule has 0 aliphatic carbocycles. The van der Waals surface area contributed by atoms with Crippen molar-refractivity contribution in [3.8, 4) is 11.5 Å². The average molecular weight is 434 g/mol. The number of hydrogen-bond acceptors (Lipinski definition) is 5. The molecule has 2 amide bonds. The molecule has 3 aromatic rings. The first-order valence-corrected chi connectivity index (χ1v) is 10.3. The van der Waals surface area contributed by atoms with Crippen LogP contribution in [0.2, 0.25) is 0 Å². The van der Waals surface area contributed by atoms with Gasteiger partial charge in [0.15, 0.2) is 0 Å². The topological polar surface area (TPSA) is 96.9 Å². The molecule has 0 saturated carbocycles. The van der Waals surface area contributed by atoms with Crippen LogP contribution in [0.1, 0.15) is 41.4 Å². The molecule has 7 nitrogen and oxygen atoms in total. The second-order valence-electron chi connectivity index (χ2n) is 7.11. The van der Waals surface area contributed by atoms with Crippen LogP contribution in [-0.2, 0) is 11.3 Å². The molecule has 0 spiro atoms. The molecule has 0 aliphatic rings. The van der Waals surface area contributed by atoms with E-state index in [4.69, 9.17) is 9.47 Å². The van der Waals surface area contributed by atoms with E-state index in [1.165, 1.54) is 6.07 Å². The van der Waals surface area contributed by atoms with E-state index >= 15 is 0 Å². The molecule has 0 aliphatic heterocycles. The molecule has 166 valence electrons. The quantitative estimate of drug-likeness (QED) is 0.432. The van der Waals surface area contributed by atoms with Crippen molar-refractivity contribution < 1.29 is 24.2 Å². The Bertz CT molecular complexity index is 1050. The molecule has 3 rings (SSSR count). The van der Waals surface area contributed by atoms with Crippen molar-refractivity contribution >= 4 is 17.7 Å². The number of amides is 2. The first-order valence-electron chi connectivity index (χ1n) is 10.3. The van der Waals surface area contributed by atoms with Crippen LogP contribution in [0.15, 0.2) is 72.8 Å². The van der Waals surface area contributed by atoms with Crippen molar-refractivity contribution in [1.82, 2.24) is 5.32 Å². The molecule has 3 aromatic carbocycles. The fourth-order valence-corrected chi connectivity index (χ4v) is 3.00. The highest BCUT2D eigenvalue weighted by molar-refractivity contribution is 6.05. The molecule has 32 heavy (non-hydrogen) atoms. The van der Waals surface area contributed by atoms with Crippen LogP contribution in [0.4, 0.5) is 10.5 Å². The number of phenols is 1. The third-order valence-electron chi connectivity index (χ3n) is 4.76. The lowest BCUT2D eigenvalue weighted by atomic mass is 10.1. The summed E-state index contributed by atoms with van der Waals surface area (Å²) in [6.45, 7) is 4.46. The summed E-state index contributed by atoms with van der Waals surface area (Å²) < 4.78 is 10.7. The van der Waals surface area contributed by atoms with Gasteiger partial charge in [0.25, 0.3) is 5.91 Å². The van der Waals surface area contributed by atoms with Crippen molar-refractivity contribution in [2.75, 3.05) is 11.9 Å². The summed E-state index contributed by atoms with van der Waals surface area (Å²) in [4.78, 5) is 24.5. The minimum absolute atomic E-state index is 0.00338. The van der Waals surface area contributed by atoms with Gasteiger partial charge in [0.1, 0.15) is 18.1 Å². The van der Waals surface area contributed by atoms with Crippen molar-refractivity contribution in [2.45, 2.75) is 26.5 Å². The molecule has 0 fully saturated rings. The Morgan fingerprint density at radius 2 is 1.66 bits per heavy atom. The smallest absolute Gasteiger partial charge is 0.407 e. The molecule has 0 saturated heterocycles. The number of carbonyl (C=O) groups is 2. The molecule has 0 radical (unpaired) electrons. The highest BCUT2D eigenvalue weighted by Crippen LogP contribution is 2.22. The van der Waals surface area contributed by atoms with E-state index in [0.29, 0.717) is 17.9 Å². The lowest BCUT2D eigenvalue weighted by Crippen LogP contribution is -2.27. The second kappa shape index (κ2) is 10.9. The maximum atomic E-state index is 12.3. The SMILES string of the molecule is CCOc1ccc([C@H](C)NC(=O)OCc2ccc(C(=O)Nc3ccccc3O)cc2)cc1. The number of rotatable bonds is 8. The molecule has 0 bridgehead atoms. The lowest BCUT2D eigenvalue weighted by molar-refractivity contribution is 0.102. The predicted molar refractivity (Wildman–Crippen MR) is 122 cm³/mol. The standard InChI is InChI=1S/C25H26N2O5/c1-3-31-21-14-12-19(13-15-21)17(2)26-25(30)32-16-18-8-10-20(11-9-18)24(29)27-22-6-4-5-7-23(22)28/h4-15,17,28H,3,16H2,1-2H3,(H,26,30)(H,27,29)/t17-/m0/s1.